The van der Waals surface area contributed by atoms with Crippen LogP contribution in [0.3, 0.4) is 0 Å². The summed E-state index contributed by atoms with van der Waals surface area (Å²) in [4.78, 5) is 4.74. The molecule has 3 heterocycles. The van der Waals surface area contributed by atoms with Gasteiger partial charge in [0, 0.05) is 24.2 Å². The zero-order valence-corrected chi connectivity index (χ0v) is 13.6. The van der Waals surface area contributed by atoms with Crippen LogP contribution in [0, 0.1) is 5.92 Å². The molecule has 22 heavy (non-hydrogen) atoms. The monoisotopic (exact) mass is 305 g/mol. The molecule has 122 valence electrons. The summed E-state index contributed by atoms with van der Waals surface area (Å²) in [5, 5.41) is 6.71. The Bertz CT molecular complexity index is 485. The summed E-state index contributed by atoms with van der Waals surface area (Å²) in [7, 11) is 0. The van der Waals surface area contributed by atoms with Crippen molar-refractivity contribution in [1.29, 1.82) is 0 Å². The Morgan fingerprint density at radius 2 is 2.23 bits per heavy atom. The smallest absolute Gasteiger partial charge is 0.129 e. The molecule has 4 heteroatoms. The number of anilines is 1. The van der Waals surface area contributed by atoms with Gasteiger partial charge in [-0.25, -0.2) is 9.37 Å². The van der Waals surface area contributed by atoms with Crippen LogP contribution in [0.25, 0.3) is 0 Å². The minimum atomic E-state index is -0.631. The predicted molar refractivity (Wildman–Crippen MR) is 89.1 cm³/mol. The number of aryl methyl sites for hydroxylation is 2. The Balaban J connectivity index is 1.43. The van der Waals surface area contributed by atoms with E-state index in [1.165, 1.54) is 12.0 Å². The number of halogens is 1. The van der Waals surface area contributed by atoms with Crippen molar-refractivity contribution in [3.8, 4) is 0 Å². The van der Waals surface area contributed by atoms with Gasteiger partial charge in [-0.3, -0.25) is 0 Å². The highest BCUT2D eigenvalue weighted by atomic mass is 19.1. The lowest BCUT2D eigenvalue weighted by molar-refractivity contribution is 0.221. The minimum Gasteiger partial charge on any atom is -0.367 e. The number of nitrogens with zero attached hydrogens (tertiary/aromatic N) is 1. The van der Waals surface area contributed by atoms with E-state index in [2.05, 4.69) is 29.7 Å². The maximum absolute atomic E-state index is 14.0. The van der Waals surface area contributed by atoms with Gasteiger partial charge >= 0.3 is 0 Å². The average Bonchev–Trinajstić information content (AvgIpc) is 3.05. The fourth-order valence-electron chi connectivity index (χ4n) is 3.54. The molecule has 2 unspecified atom stereocenters. The average molecular weight is 305 g/mol. The third-order valence-electron chi connectivity index (χ3n) is 5.04. The van der Waals surface area contributed by atoms with Crippen LogP contribution >= 0.6 is 0 Å². The Morgan fingerprint density at radius 3 is 3.05 bits per heavy atom. The lowest BCUT2D eigenvalue weighted by atomic mass is 9.97. The Hall–Kier alpha value is -1.16. The zero-order chi connectivity index (χ0) is 15.4. The van der Waals surface area contributed by atoms with E-state index in [4.69, 9.17) is 4.98 Å². The normalized spacial score (nSPS) is 25.5. The molecule has 1 fully saturated rings. The number of unbranched alkanes of at least 4 members (excludes halogenated alkanes) is 1. The van der Waals surface area contributed by atoms with Crippen molar-refractivity contribution < 1.29 is 4.39 Å². The third kappa shape index (κ3) is 3.97. The highest BCUT2D eigenvalue weighted by Gasteiger charge is 2.23. The molecule has 0 amide bonds. The first-order valence-corrected chi connectivity index (χ1v) is 8.82. The molecular formula is C18H28FN3. The van der Waals surface area contributed by atoms with Gasteiger partial charge in [-0.05, 0) is 63.6 Å². The van der Waals surface area contributed by atoms with Crippen molar-refractivity contribution in [1.82, 2.24) is 10.3 Å². The van der Waals surface area contributed by atoms with Gasteiger partial charge in [-0.2, -0.15) is 0 Å². The van der Waals surface area contributed by atoms with Gasteiger partial charge in [0.15, 0.2) is 0 Å². The fraction of sp³-hybridized carbons (Fsp3) is 0.722. The molecule has 3 nitrogen and oxygen atoms in total. The lowest BCUT2D eigenvalue weighted by Crippen LogP contribution is -2.23. The zero-order valence-electron chi connectivity index (χ0n) is 13.6. The van der Waals surface area contributed by atoms with E-state index in [1.807, 2.05) is 0 Å². The molecular weight excluding hydrogens is 277 g/mol. The molecule has 3 atom stereocenters. The standard InChI is InChI=1S/C18H28FN3/c1-13-6-7-14-8-9-16(22-18(14)21-13)4-2-3-5-17(19)15-10-11-20-12-15/h8-9,13,15,17,20H,2-7,10-12H2,1H3,(H,21,22)/t13?,15-,17?/m1/s1. The molecule has 0 spiro atoms. The molecule has 1 aromatic heterocycles. The number of hydrogen-bond acceptors (Lipinski definition) is 3. The molecule has 2 aliphatic heterocycles. The topological polar surface area (TPSA) is 37.0 Å². The van der Waals surface area contributed by atoms with Gasteiger partial charge in [0.1, 0.15) is 12.0 Å². The summed E-state index contributed by atoms with van der Waals surface area (Å²) in [6.45, 7) is 4.05. The largest absolute Gasteiger partial charge is 0.367 e. The number of alkyl halides is 1. The van der Waals surface area contributed by atoms with Gasteiger partial charge in [-0.15, -0.1) is 0 Å². The summed E-state index contributed by atoms with van der Waals surface area (Å²) in [5.74, 6) is 1.31. The fourth-order valence-corrected chi connectivity index (χ4v) is 3.54. The third-order valence-corrected chi connectivity index (χ3v) is 5.04. The summed E-state index contributed by atoms with van der Waals surface area (Å²) in [5.41, 5.74) is 2.47. The van der Waals surface area contributed by atoms with Crippen LogP contribution in [0.5, 0.6) is 0 Å². The van der Waals surface area contributed by atoms with E-state index in [1.54, 1.807) is 0 Å². The lowest BCUT2D eigenvalue weighted by Gasteiger charge is -2.23. The van der Waals surface area contributed by atoms with Crippen LogP contribution in [0.2, 0.25) is 0 Å². The van der Waals surface area contributed by atoms with Gasteiger partial charge in [0.05, 0.1) is 0 Å². The predicted octanol–water partition coefficient (Wildman–Crippen LogP) is 3.49. The van der Waals surface area contributed by atoms with E-state index in [0.717, 1.165) is 56.7 Å². The molecule has 2 N–H and O–H groups in total. The van der Waals surface area contributed by atoms with Crippen LogP contribution < -0.4 is 10.6 Å². The second kappa shape index (κ2) is 7.40. The van der Waals surface area contributed by atoms with Crippen molar-refractivity contribution in [2.45, 2.75) is 64.1 Å². The van der Waals surface area contributed by atoms with Crippen LogP contribution in [0.4, 0.5) is 10.2 Å². The number of fused-ring (bicyclic) bond motifs is 1. The summed E-state index contributed by atoms with van der Waals surface area (Å²) >= 11 is 0. The van der Waals surface area contributed by atoms with Crippen molar-refractivity contribution in [3.63, 3.8) is 0 Å². The molecule has 0 bridgehead atoms. The second-order valence-electron chi connectivity index (χ2n) is 6.91. The maximum Gasteiger partial charge on any atom is 0.129 e. The van der Waals surface area contributed by atoms with E-state index >= 15 is 0 Å². The molecule has 1 saturated heterocycles. The summed E-state index contributed by atoms with van der Waals surface area (Å²) < 4.78 is 14.0. The summed E-state index contributed by atoms with van der Waals surface area (Å²) in [6.07, 6.45) is 6.32. The van der Waals surface area contributed by atoms with Crippen molar-refractivity contribution >= 4 is 5.82 Å². The van der Waals surface area contributed by atoms with Gasteiger partial charge < -0.3 is 10.6 Å². The highest BCUT2D eigenvalue weighted by Crippen LogP contribution is 2.24. The SMILES string of the molecule is CC1CCc2ccc(CCCCC(F)[C@@H]3CCNC3)nc2N1. The molecule has 3 rings (SSSR count). The number of hydrogen-bond donors (Lipinski definition) is 2. The Labute approximate surface area is 133 Å². The van der Waals surface area contributed by atoms with Crippen molar-refractivity contribution in [3.05, 3.63) is 23.4 Å². The first-order chi connectivity index (χ1) is 10.7. The second-order valence-corrected chi connectivity index (χ2v) is 6.91. The van der Waals surface area contributed by atoms with Crippen LogP contribution in [0.1, 0.15) is 50.3 Å². The number of pyridine rings is 1. The first kappa shape index (κ1) is 15.7. The van der Waals surface area contributed by atoms with Crippen LogP contribution in [0.15, 0.2) is 12.1 Å². The molecule has 0 aliphatic carbocycles. The molecule has 0 aromatic carbocycles. The Morgan fingerprint density at radius 1 is 1.32 bits per heavy atom. The molecule has 0 radical (unpaired) electrons. The molecule has 0 saturated carbocycles. The maximum atomic E-state index is 14.0. The minimum absolute atomic E-state index is 0.243. The van der Waals surface area contributed by atoms with E-state index in [0.29, 0.717) is 12.5 Å². The number of rotatable bonds is 6. The van der Waals surface area contributed by atoms with Crippen molar-refractivity contribution in [2.75, 3.05) is 18.4 Å². The Kier molecular flexibility index (Phi) is 5.29. The van der Waals surface area contributed by atoms with E-state index in [-0.39, 0.29) is 5.92 Å². The van der Waals surface area contributed by atoms with Gasteiger partial charge in [-0.1, -0.05) is 12.5 Å². The summed E-state index contributed by atoms with van der Waals surface area (Å²) in [6, 6.07) is 4.87. The number of nitrogens with one attached hydrogen (secondary N) is 2. The number of aromatic nitrogens is 1. The van der Waals surface area contributed by atoms with E-state index in [9.17, 15) is 4.39 Å². The quantitative estimate of drug-likeness (QED) is 0.790. The van der Waals surface area contributed by atoms with E-state index < -0.39 is 6.17 Å². The van der Waals surface area contributed by atoms with Crippen LogP contribution in [-0.2, 0) is 12.8 Å². The van der Waals surface area contributed by atoms with Gasteiger partial charge in [0.2, 0.25) is 0 Å². The first-order valence-electron chi connectivity index (χ1n) is 8.82. The highest BCUT2D eigenvalue weighted by molar-refractivity contribution is 5.48. The van der Waals surface area contributed by atoms with Gasteiger partial charge in [0.25, 0.3) is 0 Å². The van der Waals surface area contributed by atoms with Crippen molar-refractivity contribution in [2.24, 2.45) is 5.92 Å². The van der Waals surface area contributed by atoms with Crippen LogP contribution in [-0.4, -0.2) is 30.3 Å². The molecule has 1 aromatic rings. The molecule has 2 aliphatic rings.